The van der Waals surface area contributed by atoms with Crippen LogP contribution in [0.1, 0.15) is 13.3 Å². The van der Waals surface area contributed by atoms with E-state index in [1.54, 1.807) is 6.92 Å². The molecule has 0 aliphatic heterocycles. The molecule has 0 aliphatic carbocycles. The number of hydrogen-bond donors (Lipinski definition) is 1. The third-order valence-corrected chi connectivity index (χ3v) is 2.45. The van der Waals surface area contributed by atoms with Gasteiger partial charge in [-0.1, -0.05) is 0 Å². The zero-order valence-electron chi connectivity index (χ0n) is 7.20. The first-order chi connectivity index (χ1) is 5.87. The SMILES string of the molecule is CCOC(=O)[C@@H](N)CCS(=O)(=O)Cl. The molecule has 0 saturated heterocycles. The van der Waals surface area contributed by atoms with Crippen molar-refractivity contribution in [1.82, 2.24) is 0 Å². The van der Waals surface area contributed by atoms with Gasteiger partial charge >= 0.3 is 5.97 Å². The van der Waals surface area contributed by atoms with Crippen LogP contribution in [0.15, 0.2) is 0 Å². The summed E-state index contributed by atoms with van der Waals surface area (Å²) in [4.78, 5) is 10.9. The Morgan fingerprint density at radius 2 is 2.15 bits per heavy atom. The highest BCUT2D eigenvalue weighted by atomic mass is 35.7. The van der Waals surface area contributed by atoms with Gasteiger partial charge in [-0.2, -0.15) is 0 Å². The Labute approximate surface area is 81.6 Å². The van der Waals surface area contributed by atoms with E-state index in [0.29, 0.717) is 0 Å². The van der Waals surface area contributed by atoms with Crippen molar-refractivity contribution in [3.05, 3.63) is 0 Å². The van der Waals surface area contributed by atoms with Crippen LogP contribution in [0.5, 0.6) is 0 Å². The van der Waals surface area contributed by atoms with E-state index in [-0.39, 0.29) is 18.8 Å². The van der Waals surface area contributed by atoms with Gasteiger partial charge in [-0.05, 0) is 13.3 Å². The van der Waals surface area contributed by atoms with Gasteiger partial charge in [-0.15, -0.1) is 0 Å². The molecule has 0 aromatic heterocycles. The van der Waals surface area contributed by atoms with Crippen LogP contribution in [0.3, 0.4) is 0 Å². The molecule has 0 fully saturated rings. The first kappa shape index (κ1) is 12.7. The van der Waals surface area contributed by atoms with Crippen LogP contribution in [0.4, 0.5) is 0 Å². The zero-order chi connectivity index (χ0) is 10.5. The van der Waals surface area contributed by atoms with Crippen LogP contribution in [0, 0.1) is 0 Å². The fraction of sp³-hybridized carbons (Fsp3) is 0.833. The first-order valence-electron chi connectivity index (χ1n) is 3.71. The highest BCUT2D eigenvalue weighted by molar-refractivity contribution is 8.13. The lowest BCUT2D eigenvalue weighted by atomic mass is 10.2. The van der Waals surface area contributed by atoms with Gasteiger partial charge in [0.25, 0.3) is 0 Å². The molecule has 0 saturated carbocycles. The molecule has 0 heterocycles. The standard InChI is InChI=1S/C6H12ClNO4S/c1-2-12-6(9)5(8)3-4-13(7,10)11/h5H,2-4,8H2,1H3/t5-/m0/s1. The summed E-state index contributed by atoms with van der Waals surface area (Å²) in [5.41, 5.74) is 5.31. The summed E-state index contributed by atoms with van der Waals surface area (Å²) in [5.74, 6) is -0.933. The van der Waals surface area contributed by atoms with Gasteiger partial charge in [0.15, 0.2) is 0 Å². The third kappa shape index (κ3) is 6.80. The molecule has 7 heteroatoms. The van der Waals surface area contributed by atoms with Crippen molar-refractivity contribution in [2.24, 2.45) is 5.73 Å². The van der Waals surface area contributed by atoms with E-state index in [1.807, 2.05) is 0 Å². The van der Waals surface area contributed by atoms with Gasteiger partial charge in [0.1, 0.15) is 6.04 Å². The van der Waals surface area contributed by atoms with Crippen LogP contribution in [0.2, 0.25) is 0 Å². The molecule has 0 aromatic carbocycles. The number of esters is 1. The molecule has 13 heavy (non-hydrogen) atoms. The molecular weight excluding hydrogens is 218 g/mol. The maximum atomic E-state index is 10.9. The second kappa shape index (κ2) is 5.41. The summed E-state index contributed by atoms with van der Waals surface area (Å²) < 4.78 is 25.5. The Morgan fingerprint density at radius 3 is 2.54 bits per heavy atom. The molecular formula is C6H12ClNO4S. The van der Waals surface area contributed by atoms with E-state index in [2.05, 4.69) is 4.74 Å². The molecule has 0 amide bonds. The van der Waals surface area contributed by atoms with Crippen molar-refractivity contribution < 1.29 is 17.9 Å². The average Bonchev–Trinajstić information content (AvgIpc) is 1.99. The lowest BCUT2D eigenvalue weighted by molar-refractivity contribution is -0.144. The number of carbonyl (C=O) groups excluding carboxylic acids is 1. The minimum Gasteiger partial charge on any atom is -0.465 e. The van der Waals surface area contributed by atoms with Crippen molar-refractivity contribution in [1.29, 1.82) is 0 Å². The van der Waals surface area contributed by atoms with Gasteiger partial charge in [-0.25, -0.2) is 8.42 Å². The van der Waals surface area contributed by atoms with Crippen molar-refractivity contribution in [3.63, 3.8) is 0 Å². The van der Waals surface area contributed by atoms with Gasteiger partial charge in [0, 0.05) is 10.7 Å². The molecule has 0 radical (unpaired) electrons. The first-order valence-corrected chi connectivity index (χ1v) is 6.19. The van der Waals surface area contributed by atoms with Crippen molar-refractivity contribution in [3.8, 4) is 0 Å². The van der Waals surface area contributed by atoms with Gasteiger partial charge in [-0.3, -0.25) is 4.79 Å². The van der Waals surface area contributed by atoms with Gasteiger partial charge < -0.3 is 10.5 Å². The maximum absolute atomic E-state index is 10.9. The maximum Gasteiger partial charge on any atom is 0.322 e. The van der Waals surface area contributed by atoms with Crippen molar-refractivity contribution >= 4 is 25.7 Å². The summed E-state index contributed by atoms with van der Waals surface area (Å²) in [7, 11) is 1.34. The number of nitrogens with two attached hydrogens (primary N) is 1. The van der Waals surface area contributed by atoms with Gasteiger partial charge in [0.05, 0.1) is 12.4 Å². The number of halogens is 1. The quantitative estimate of drug-likeness (QED) is 0.523. The van der Waals surface area contributed by atoms with Crippen LogP contribution in [-0.2, 0) is 18.6 Å². The topological polar surface area (TPSA) is 86.5 Å². The summed E-state index contributed by atoms with van der Waals surface area (Å²) in [6.45, 7) is 1.86. The molecule has 2 N–H and O–H groups in total. The second-order valence-corrected chi connectivity index (χ2v) is 5.29. The fourth-order valence-corrected chi connectivity index (χ4v) is 1.44. The van der Waals surface area contributed by atoms with E-state index in [1.165, 1.54) is 0 Å². The fourth-order valence-electron chi connectivity index (χ4n) is 0.635. The minimum atomic E-state index is -3.58. The van der Waals surface area contributed by atoms with Crippen molar-refractivity contribution in [2.75, 3.05) is 12.4 Å². The van der Waals surface area contributed by atoms with Crippen LogP contribution in [-0.4, -0.2) is 32.8 Å². The van der Waals surface area contributed by atoms with Crippen LogP contribution >= 0.6 is 10.7 Å². The number of carbonyl (C=O) groups is 1. The van der Waals surface area contributed by atoms with E-state index >= 15 is 0 Å². The Bertz CT molecular complexity index is 264. The molecule has 0 spiro atoms. The lowest BCUT2D eigenvalue weighted by Gasteiger charge is -2.08. The monoisotopic (exact) mass is 229 g/mol. The minimum absolute atomic E-state index is 0.0231. The molecule has 78 valence electrons. The summed E-state index contributed by atoms with van der Waals surface area (Å²) in [6, 6.07) is -0.923. The van der Waals surface area contributed by atoms with Crippen LogP contribution < -0.4 is 5.73 Å². The smallest absolute Gasteiger partial charge is 0.322 e. The molecule has 0 bridgehead atoms. The number of rotatable bonds is 5. The Hall–Kier alpha value is -0.330. The number of ether oxygens (including phenoxy) is 1. The Balaban J connectivity index is 3.88. The summed E-state index contributed by atoms with van der Waals surface area (Å²) in [5, 5.41) is 0. The summed E-state index contributed by atoms with van der Waals surface area (Å²) >= 11 is 0. The molecule has 0 rings (SSSR count). The van der Waals surface area contributed by atoms with Crippen molar-refractivity contribution in [2.45, 2.75) is 19.4 Å². The zero-order valence-corrected chi connectivity index (χ0v) is 8.77. The van der Waals surface area contributed by atoms with E-state index in [0.717, 1.165) is 0 Å². The highest BCUT2D eigenvalue weighted by Gasteiger charge is 2.17. The molecule has 5 nitrogen and oxygen atoms in total. The Morgan fingerprint density at radius 1 is 1.62 bits per heavy atom. The Kier molecular flexibility index (Phi) is 5.27. The second-order valence-electron chi connectivity index (χ2n) is 2.39. The predicted molar refractivity (Wildman–Crippen MR) is 48.9 cm³/mol. The lowest BCUT2D eigenvalue weighted by Crippen LogP contribution is -2.33. The van der Waals surface area contributed by atoms with E-state index < -0.39 is 21.1 Å². The normalized spacial score (nSPS) is 13.8. The average molecular weight is 230 g/mol. The molecule has 0 unspecified atom stereocenters. The van der Waals surface area contributed by atoms with E-state index in [4.69, 9.17) is 16.4 Å². The van der Waals surface area contributed by atoms with E-state index in [9.17, 15) is 13.2 Å². The van der Waals surface area contributed by atoms with Gasteiger partial charge in [0.2, 0.25) is 9.05 Å². The predicted octanol–water partition coefficient (Wildman–Crippen LogP) is -0.165. The highest BCUT2D eigenvalue weighted by Crippen LogP contribution is 2.01. The third-order valence-electron chi connectivity index (χ3n) is 1.26. The van der Waals surface area contributed by atoms with Crippen LogP contribution in [0.25, 0.3) is 0 Å². The largest absolute Gasteiger partial charge is 0.465 e. The molecule has 1 atom stereocenters. The number of hydrogen-bond acceptors (Lipinski definition) is 5. The molecule has 0 aliphatic rings. The summed E-state index contributed by atoms with van der Waals surface area (Å²) in [6.07, 6.45) is -0.0231. The molecule has 0 aromatic rings.